The molecule has 0 fully saturated rings. The molecule has 0 saturated heterocycles. The summed E-state index contributed by atoms with van der Waals surface area (Å²) in [7, 11) is 1.70. The molecular formula is C24H29NO. The van der Waals surface area contributed by atoms with Gasteiger partial charge in [0.1, 0.15) is 5.75 Å². The average Bonchev–Trinajstić information content (AvgIpc) is 2.72. The monoisotopic (exact) mass is 347 g/mol. The van der Waals surface area contributed by atoms with E-state index in [-0.39, 0.29) is 0 Å². The highest BCUT2D eigenvalue weighted by Crippen LogP contribution is 2.26. The summed E-state index contributed by atoms with van der Waals surface area (Å²) < 4.78 is 5.24. The maximum atomic E-state index is 5.24. The van der Waals surface area contributed by atoms with Crippen LogP contribution in [0.3, 0.4) is 0 Å². The summed E-state index contributed by atoms with van der Waals surface area (Å²) in [5, 5.41) is 3.64. The van der Waals surface area contributed by atoms with Gasteiger partial charge in [-0.15, -0.1) is 0 Å². The average molecular weight is 348 g/mol. The standard InChI is InChI=1S/C24H29NO/c1-26-24-16-13-20(14-17-24)12-15-23(22-10-6-3-7-11-22)19-25-18-21-8-4-2-5-9-21/h2,4-5,8-10,12-17,23,25H,3,6-7,11,18-19H2,1H3. The lowest BCUT2D eigenvalue weighted by Crippen LogP contribution is -2.23. The maximum absolute atomic E-state index is 5.24. The summed E-state index contributed by atoms with van der Waals surface area (Å²) in [6.45, 7) is 1.90. The van der Waals surface area contributed by atoms with Crippen LogP contribution in [0.25, 0.3) is 6.08 Å². The molecule has 26 heavy (non-hydrogen) atoms. The van der Waals surface area contributed by atoms with Crippen molar-refractivity contribution < 1.29 is 4.74 Å². The fourth-order valence-electron chi connectivity index (χ4n) is 3.43. The molecule has 1 N–H and O–H groups in total. The molecular weight excluding hydrogens is 318 g/mol. The molecule has 0 heterocycles. The molecule has 2 aromatic carbocycles. The minimum absolute atomic E-state index is 0.459. The zero-order valence-corrected chi connectivity index (χ0v) is 15.7. The highest BCUT2D eigenvalue weighted by Gasteiger charge is 2.13. The summed E-state index contributed by atoms with van der Waals surface area (Å²) in [5.41, 5.74) is 4.14. The fraction of sp³-hybridized carbons (Fsp3) is 0.333. The van der Waals surface area contributed by atoms with Gasteiger partial charge in [-0.2, -0.15) is 0 Å². The second-order valence-corrected chi connectivity index (χ2v) is 6.88. The number of nitrogens with one attached hydrogen (secondary N) is 1. The van der Waals surface area contributed by atoms with Crippen molar-refractivity contribution in [2.75, 3.05) is 13.7 Å². The van der Waals surface area contributed by atoms with Crippen molar-refractivity contribution >= 4 is 6.08 Å². The Bertz CT molecular complexity index is 716. The Balaban J connectivity index is 1.64. The molecule has 0 amide bonds. The van der Waals surface area contributed by atoms with E-state index in [1.54, 1.807) is 12.7 Å². The van der Waals surface area contributed by atoms with Crippen LogP contribution in [0.4, 0.5) is 0 Å². The van der Waals surface area contributed by atoms with E-state index in [2.05, 4.69) is 66.0 Å². The molecule has 0 bridgehead atoms. The van der Waals surface area contributed by atoms with Crippen molar-refractivity contribution in [1.82, 2.24) is 5.32 Å². The molecule has 1 aliphatic carbocycles. The lowest BCUT2D eigenvalue weighted by molar-refractivity contribution is 0.415. The molecule has 136 valence electrons. The Kier molecular flexibility index (Phi) is 7.09. The van der Waals surface area contributed by atoms with Crippen molar-refractivity contribution in [3.05, 3.63) is 83.4 Å². The molecule has 2 aromatic rings. The predicted octanol–water partition coefficient (Wildman–Crippen LogP) is 5.61. The first-order valence-corrected chi connectivity index (χ1v) is 9.61. The molecule has 1 unspecified atom stereocenters. The van der Waals surface area contributed by atoms with Gasteiger partial charge in [-0.3, -0.25) is 0 Å². The number of allylic oxidation sites excluding steroid dienone is 1. The van der Waals surface area contributed by atoms with Crippen molar-refractivity contribution in [1.29, 1.82) is 0 Å². The summed E-state index contributed by atoms with van der Waals surface area (Å²) in [6, 6.07) is 18.9. The van der Waals surface area contributed by atoms with Gasteiger partial charge in [0.05, 0.1) is 7.11 Å². The number of hydrogen-bond acceptors (Lipinski definition) is 2. The highest BCUT2D eigenvalue weighted by atomic mass is 16.5. The number of benzene rings is 2. The van der Waals surface area contributed by atoms with Gasteiger partial charge < -0.3 is 10.1 Å². The predicted molar refractivity (Wildman–Crippen MR) is 110 cm³/mol. The van der Waals surface area contributed by atoms with E-state index < -0.39 is 0 Å². The number of methoxy groups -OCH3 is 1. The molecule has 0 spiro atoms. The van der Waals surface area contributed by atoms with Crippen LogP contribution in [-0.4, -0.2) is 13.7 Å². The molecule has 3 rings (SSSR count). The van der Waals surface area contributed by atoms with E-state index >= 15 is 0 Å². The van der Waals surface area contributed by atoms with Crippen molar-refractivity contribution in [3.8, 4) is 5.75 Å². The SMILES string of the molecule is COc1ccc(C=CC(CNCc2ccccc2)C2=CCCCC2)cc1. The molecule has 2 heteroatoms. The molecule has 1 atom stereocenters. The molecule has 1 aliphatic rings. The second-order valence-electron chi connectivity index (χ2n) is 6.88. The summed E-state index contributed by atoms with van der Waals surface area (Å²) in [6.07, 6.45) is 12.1. The second kappa shape index (κ2) is 9.98. The van der Waals surface area contributed by atoms with Crippen LogP contribution in [0, 0.1) is 5.92 Å². The first kappa shape index (κ1) is 18.5. The van der Waals surface area contributed by atoms with Gasteiger partial charge in [0, 0.05) is 19.0 Å². The Morgan fingerprint density at radius 1 is 1.04 bits per heavy atom. The number of ether oxygens (including phenoxy) is 1. The van der Waals surface area contributed by atoms with E-state index in [4.69, 9.17) is 4.74 Å². The van der Waals surface area contributed by atoms with E-state index in [1.165, 1.54) is 36.8 Å². The quantitative estimate of drug-likeness (QED) is 0.626. The number of rotatable bonds is 8. The lowest BCUT2D eigenvalue weighted by Gasteiger charge is -2.21. The Morgan fingerprint density at radius 2 is 1.85 bits per heavy atom. The first-order valence-electron chi connectivity index (χ1n) is 9.61. The van der Waals surface area contributed by atoms with Gasteiger partial charge in [0.25, 0.3) is 0 Å². The normalized spacial score (nSPS) is 15.7. The van der Waals surface area contributed by atoms with E-state index in [0.29, 0.717) is 5.92 Å². The molecule has 2 nitrogen and oxygen atoms in total. The van der Waals surface area contributed by atoms with Crippen LogP contribution in [0.1, 0.15) is 36.8 Å². The lowest BCUT2D eigenvalue weighted by atomic mass is 9.88. The van der Waals surface area contributed by atoms with Gasteiger partial charge >= 0.3 is 0 Å². The molecule has 0 aliphatic heterocycles. The molecule has 0 radical (unpaired) electrons. The van der Waals surface area contributed by atoms with Crippen molar-refractivity contribution in [2.45, 2.75) is 32.2 Å². The zero-order valence-electron chi connectivity index (χ0n) is 15.7. The van der Waals surface area contributed by atoms with E-state index in [0.717, 1.165) is 18.8 Å². The third kappa shape index (κ3) is 5.60. The van der Waals surface area contributed by atoms with E-state index in [1.807, 2.05) is 12.1 Å². The summed E-state index contributed by atoms with van der Waals surface area (Å²) >= 11 is 0. The third-order valence-corrected chi connectivity index (χ3v) is 4.98. The third-order valence-electron chi connectivity index (χ3n) is 4.98. The van der Waals surface area contributed by atoms with E-state index in [9.17, 15) is 0 Å². The van der Waals surface area contributed by atoms with Crippen LogP contribution >= 0.6 is 0 Å². The van der Waals surface area contributed by atoms with Crippen molar-refractivity contribution in [3.63, 3.8) is 0 Å². The minimum atomic E-state index is 0.459. The van der Waals surface area contributed by atoms with Gasteiger partial charge in [-0.05, 0) is 48.9 Å². The van der Waals surface area contributed by atoms with Gasteiger partial charge in [0.2, 0.25) is 0 Å². The largest absolute Gasteiger partial charge is 0.497 e. The van der Waals surface area contributed by atoms with Crippen molar-refractivity contribution in [2.24, 2.45) is 5.92 Å². The van der Waals surface area contributed by atoms with Crippen LogP contribution in [-0.2, 0) is 6.54 Å². The minimum Gasteiger partial charge on any atom is -0.497 e. The van der Waals surface area contributed by atoms with Gasteiger partial charge in [0.15, 0.2) is 0 Å². The molecule has 0 saturated carbocycles. The van der Waals surface area contributed by atoms with Crippen LogP contribution in [0.2, 0.25) is 0 Å². The zero-order chi connectivity index (χ0) is 18.0. The van der Waals surface area contributed by atoms with Crippen LogP contribution in [0.15, 0.2) is 72.3 Å². The summed E-state index contributed by atoms with van der Waals surface area (Å²) in [5.74, 6) is 1.36. The Morgan fingerprint density at radius 3 is 2.54 bits per heavy atom. The highest BCUT2D eigenvalue weighted by molar-refractivity contribution is 5.51. The number of hydrogen-bond donors (Lipinski definition) is 1. The van der Waals surface area contributed by atoms with Crippen LogP contribution in [0.5, 0.6) is 5.75 Å². The van der Waals surface area contributed by atoms with Gasteiger partial charge in [-0.1, -0.05) is 66.3 Å². The Labute approximate surface area is 157 Å². The topological polar surface area (TPSA) is 21.3 Å². The first-order chi connectivity index (χ1) is 12.8. The summed E-state index contributed by atoms with van der Waals surface area (Å²) in [4.78, 5) is 0. The van der Waals surface area contributed by atoms with Crippen LogP contribution < -0.4 is 10.1 Å². The molecule has 0 aromatic heterocycles. The fourth-order valence-corrected chi connectivity index (χ4v) is 3.43. The van der Waals surface area contributed by atoms with Gasteiger partial charge in [-0.25, -0.2) is 0 Å². The Hall–Kier alpha value is -2.32. The smallest absolute Gasteiger partial charge is 0.118 e. The maximum Gasteiger partial charge on any atom is 0.118 e.